The van der Waals surface area contributed by atoms with Crippen molar-refractivity contribution < 1.29 is 8.42 Å². The van der Waals surface area contributed by atoms with Crippen molar-refractivity contribution >= 4 is 9.84 Å². The summed E-state index contributed by atoms with van der Waals surface area (Å²) in [7, 11) is -3.05. The fraction of sp³-hybridized carbons (Fsp3) is 0.700. The minimum Gasteiger partial charge on any atom is -0.299 e. The van der Waals surface area contributed by atoms with Gasteiger partial charge in [-0.15, -0.1) is 0 Å². The fourth-order valence-electron chi connectivity index (χ4n) is 1.24. The number of nitrogens with one attached hydrogen (secondary N) is 1. The molecule has 0 radical (unpaired) electrons. The van der Waals surface area contributed by atoms with Crippen molar-refractivity contribution in [2.75, 3.05) is 12.0 Å². The van der Waals surface area contributed by atoms with Gasteiger partial charge < -0.3 is 0 Å². The average Bonchev–Trinajstić information content (AvgIpc) is 2.41. The summed E-state index contributed by atoms with van der Waals surface area (Å²) in [5, 5.41) is 2.93. The molecule has 16 heavy (non-hydrogen) atoms. The highest BCUT2D eigenvalue weighted by molar-refractivity contribution is 7.90. The third-order valence-corrected chi connectivity index (χ3v) is 3.21. The Morgan fingerprint density at radius 3 is 2.31 bits per heavy atom. The minimum atomic E-state index is -3.05. The smallest absolute Gasteiger partial charge is 0.266 e. The Morgan fingerprint density at radius 1 is 1.38 bits per heavy atom. The Hall–Kier alpha value is -1.04. The molecule has 92 valence electrons. The van der Waals surface area contributed by atoms with Crippen molar-refractivity contribution in [3.05, 3.63) is 22.1 Å². The first-order valence-corrected chi connectivity index (χ1v) is 7.14. The molecule has 0 saturated carbocycles. The van der Waals surface area contributed by atoms with E-state index in [1.807, 2.05) is 20.8 Å². The summed E-state index contributed by atoms with van der Waals surface area (Å²) in [6.45, 7) is 6.13. The molecule has 0 aliphatic heterocycles. The van der Waals surface area contributed by atoms with Crippen molar-refractivity contribution in [3.8, 4) is 0 Å². The topological polar surface area (TPSA) is 71.9 Å². The van der Waals surface area contributed by atoms with E-state index in [9.17, 15) is 13.2 Å². The summed E-state index contributed by atoms with van der Waals surface area (Å²) >= 11 is 0. The number of aryl methyl sites for hydroxylation is 1. The molecule has 0 atom stereocenters. The van der Waals surface area contributed by atoms with Gasteiger partial charge in [0.1, 0.15) is 9.84 Å². The lowest BCUT2D eigenvalue weighted by atomic mass is 9.93. The molecule has 1 N–H and O–H groups in total. The van der Waals surface area contributed by atoms with E-state index in [-0.39, 0.29) is 23.3 Å². The van der Waals surface area contributed by atoms with Crippen LogP contribution in [0.3, 0.4) is 0 Å². The van der Waals surface area contributed by atoms with Crippen LogP contribution < -0.4 is 5.56 Å². The van der Waals surface area contributed by atoms with Gasteiger partial charge in [0.05, 0.1) is 12.3 Å². The van der Waals surface area contributed by atoms with Gasteiger partial charge >= 0.3 is 0 Å². The first kappa shape index (κ1) is 13.0. The maximum Gasteiger partial charge on any atom is 0.266 e. The van der Waals surface area contributed by atoms with Crippen molar-refractivity contribution in [3.63, 3.8) is 0 Å². The first-order valence-electron chi connectivity index (χ1n) is 5.08. The van der Waals surface area contributed by atoms with Crippen LogP contribution in [0.4, 0.5) is 0 Å². The molecule has 0 amide bonds. The van der Waals surface area contributed by atoms with Crippen LogP contribution in [-0.2, 0) is 21.8 Å². The van der Waals surface area contributed by atoms with E-state index in [1.165, 1.54) is 10.7 Å². The third kappa shape index (κ3) is 3.52. The van der Waals surface area contributed by atoms with E-state index < -0.39 is 9.84 Å². The highest BCUT2D eigenvalue weighted by Gasteiger charge is 2.17. The number of hydrogen-bond acceptors (Lipinski definition) is 3. The summed E-state index contributed by atoms with van der Waals surface area (Å²) in [5.41, 5.74) is 0.481. The van der Waals surface area contributed by atoms with Crippen LogP contribution in [0.2, 0.25) is 0 Å². The molecule has 0 bridgehead atoms. The van der Waals surface area contributed by atoms with Gasteiger partial charge in [-0.25, -0.2) is 8.42 Å². The number of nitrogens with zero attached hydrogens (tertiary/aromatic N) is 1. The molecule has 1 aromatic rings. The fourth-order valence-corrected chi connectivity index (χ4v) is 1.76. The maximum absolute atomic E-state index is 11.5. The summed E-state index contributed by atoms with van der Waals surface area (Å²) in [5.74, 6) is -0.0308. The van der Waals surface area contributed by atoms with Crippen LogP contribution in [0.1, 0.15) is 26.5 Å². The lowest BCUT2D eigenvalue weighted by molar-refractivity contribution is 0.534. The zero-order valence-electron chi connectivity index (χ0n) is 10.1. The van der Waals surface area contributed by atoms with Crippen LogP contribution >= 0.6 is 0 Å². The van der Waals surface area contributed by atoms with Gasteiger partial charge in [0, 0.05) is 23.4 Å². The molecule has 0 fully saturated rings. The number of hydrogen-bond donors (Lipinski definition) is 1. The van der Waals surface area contributed by atoms with E-state index in [2.05, 4.69) is 5.10 Å². The number of H-pyrrole nitrogens is 1. The predicted molar refractivity (Wildman–Crippen MR) is 63.5 cm³/mol. The Kier molecular flexibility index (Phi) is 3.33. The van der Waals surface area contributed by atoms with Crippen LogP contribution in [0.15, 0.2) is 10.9 Å². The number of aromatic nitrogens is 2. The lowest BCUT2D eigenvalue weighted by Gasteiger charge is -2.15. The molecule has 0 saturated heterocycles. The van der Waals surface area contributed by atoms with E-state index in [4.69, 9.17) is 0 Å². The Bertz CT molecular complexity index is 517. The second kappa shape index (κ2) is 4.08. The minimum absolute atomic E-state index is 0.0308. The molecule has 0 aromatic carbocycles. The summed E-state index contributed by atoms with van der Waals surface area (Å²) < 4.78 is 23.3. The Morgan fingerprint density at radius 2 is 1.94 bits per heavy atom. The van der Waals surface area contributed by atoms with Crippen LogP contribution in [0.25, 0.3) is 0 Å². The summed E-state index contributed by atoms with van der Waals surface area (Å²) in [4.78, 5) is 11.5. The molecule has 0 unspecified atom stereocenters. The Labute approximate surface area is 95.4 Å². The zero-order chi connectivity index (χ0) is 12.6. The van der Waals surface area contributed by atoms with Crippen molar-refractivity contribution in [2.24, 2.45) is 0 Å². The highest BCUT2D eigenvalue weighted by atomic mass is 32.2. The zero-order valence-corrected chi connectivity index (χ0v) is 10.9. The molecular weight excluding hydrogens is 228 g/mol. The maximum atomic E-state index is 11.5. The molecule has 0 aliphatic carbocycles. The van der Waals surface area contributed by atoms with Gasteiger partial charge in [-0.2, -0.15) is 0 Å². The van der Waals surface area contributed by atoms with Gasteiger partial charge in [-0.1, -0.05) is 20.8 Å². The third-order valence-electron chi connectivity index (χ3n) is 2.28. The van der Waals surface area contributed by atoms with Gasteiger partial charge in [0.2, 0.25) is 0 Å². The molecule has 0 spiro atoms. The number of aromatic amines is 1. The van der Waals surface area contributed by atoms with E-state index in [1.54, 1.807) is 0 Å². The molecule has 6 heteroatoms. The summed E-state index contributed by atoms with van der Waals surface area (Å²) in [6, 6.07) is 1.52. The van der Waals surface area contributed by atoms with E-state index >= 15 is 0 Å². The van der Waals surface area contributed by atoms with Crippen molar-refractivity contribution in [1.82, 2.24) is 9.78 Å². The number of sulfone groups is 1. The highest BCUT2D eigenvalue weighted by Crippen LogP contribution is 2.17. The largest absolute Gasteiger partial charge is 0.299 e. The van der Waals surface area contributed by atoms with Crippen LogP contribution in [0, 0.1) is 0 Å². The average molecular weight is 246 g/mol. The quantitative estimate of drug-likeness (QED) is 0.845. The van der Waals surface area contributed by atoms with Gasteiger partial charge in [-0.3, -0.25) is 14.6 Å². The molecule has 5 nitrogen and oxygen atoms in total. The number of rotatable bonds is 3. The lowest BCUT2D eigenvalue weighted by Crippen LogP contribution is -2.21. The van der Waals surface area contributed by atoms with Gasteiger partial charge in [0.25, 0.3) is 5.56 Å². The van der Waals surface area contributed by atoms with Crippen molar-refractivity contribution in [1.29, 1.82) is 0 Å². The standard InChI is InChI=1S/C10H18N2O3S/c1-10(2,3)8-7-9(13)12(11-8)5-6-16(4,14)15/h7,11H,5-6H2,1-4H3. The van der Waals surface area contributed by atoms with Crippen LogP contribution in [-0.4, -0.2) is 30.2 Å². The van der Waals surface area contributed by atoms with Gasteiger partial charge in [-0.05, 0) is 0 Å². The molecule has 1 aromatic heterocycles. The Balaban J connectivity index is 2.92. The predicted octanol–water partition coefficient (Wildman–Crippen LogP) is 0.519. The normalized spacial score (nSPS) is 13.0. The SMILES string of the molecule is CC(C)(C)c1cc(=O)n(CCS(C)(=O)=O)[nH]1. The van der Waals surface area contributed by atoms with E-state index in [0.717, 1.165) is 11.9 Å². The molecule has 0 aliphatic rings. The monoisotopic (exact) mass is 246 g/mol. The second-order valence-electron chi connectivity index (χ2n) is 5.04. The van der Waals surface area contributed by atoms with E-state index in [0.29, 0.717) is 0 Å². The molecular formula is C10H18N2O3S. The van der Waals surface area contributed by atoms with Crippen molar-refractivity contribution in [2.45, 2.75) is 32.7 Å². The molecule has 1 rings (SSSR count). The summed E-state index contributed by atoms with van der Waals surface area (Å²) in [6.07, 6.45) is 1.16. The van der Waals surface area contributed by atoms with Gasteiger partial charge in [0.15, 0.2) is 0 Å². The van der Waals surface area contributed by atoms with Crippen LogP contribution in [0.5, 0.6) is 0 Å². The second-order valence-corrected chi connectivity index (χ2v) is 7.30. The first-order chi connectivity index (χ1) is 7.09. The molecule has 1 heterocycles.